The molecule has 16 heavy (non-hydrogen) atoms. The molecule has 0 atom stereocenters. The predicted octanol–water partition coefficient (Wildman–Crippen LogP) is 1.23. The summed E-state index contributed by atoms with van der Waals surface area (Å²) in [5, 5.41) is 3.56. The summed E-state index contributed by atoms with van der Waals surface area (Å²) >= 11 is 0. The van der Waals surface area contributed by atoms with E-state index >= 15 is 0 Å². The van der Waals surface area contributed by atoms with Crippen LogP contribution < -0.4 is 10.0 Å². The fourth-order valence-electron chi connectivity index (χ4n) is 2.27. The summed E-state index contributed by atoms with van der Waals surface area (Å²) in [5.74, 6) is 0. The fraction of sp³-hybridized carbons (Fsp3) is 1.00. The highest BCUT2D eigenvalue weighted by atomic mass is 32.2. The molecule has 0 aromatic heterocycles. The molecule has 5 heteroatoms. The van der Waals surface area contributed by atoms with E-state index in [0.717, 1.165) is 25.7 Å². The van der Waals surface area contributed by atoms with Crippen molar-refractivity contribution in [3.8, 4) is 0 Å². The minimum atomic E-state index is -3.05. The van der Waals surface area contributed by atoms with Crippen LogP contribution in [-0.2, 0) is 10.0 Å². The average Bonchev–Trinajstić information content (AvgIpc) is 2.03. The van der Waals surface area contributed by atoms with E-state index in [1.54, 1.807) is 0 Å². The fourth-order valence-corrected chi connectivity index (χ4v) is 3.11. The largest absolute Gasteiger partial charge is 0.309 e. The van der Waals surface area contributed by atoms with Crippen LogP contribution in [0.15, 0.2) is 0 Å². The number of rotatable bonds is 3. The highest BCUT2D eigenvalue weighted by Crippen LogP contribution is 2.21. The van der Waals surface area contributed by atoms with Crippen LogP contribution >= 0.6 is 0 Å². The van der Waals surface area contributed by atoms with Crippen LogP contribution in [-0.4, -0.2) is 32.3 Å². The number of hydrogen-bond acceptors (Lipinski definition) is 3. The Morgan fingerprint density at radius 2 is 1.44 bits per heavy atom. The van der Waals surface area contributed by atoms with Crippen molar-refractivity contribution in [3.05, 3.63) is 0 Å². The van der Waals surface area contributed by atoms with Crippen molar-refractivity contribution in [2.45, 2.75) is 64.1 Å². The number of nitrogens with one attached hydrogen (secondary N) is 2. The van der Waals surface area contributed by atoms with E-state index in [4.69, 9.17) is 0 Å². The minimum absolute atomic E-state index is 0.132. The summed E-state index contributed by atoms with van der Waals surface area (Å²) in [4.78, 5) is 0. The first-order chi connectivity index (χ1) is 7.16. The van der Waals surface area contributed by atoms with Crippen LogP contribution in [0.2, 0.25) is 0 Å². The molecule has 0 aliphatic heterocycles. The lowest BCUT2D eigenvalue weighted by molar-refractivity contribution is 0.274. The third-order valence-corrected chi connectivity index (χ3v) is 3.51. The molecule has 1 aliphatic rings. The van der Waals surface area contributed by atoms with Crippen LogP contribution in [0.4, 0.5) is 0 Å². The molecule has 0 amide bonds. The third kappa shape index (κ3) is 5.82. The van der Waals surface area contributed by atoms with Crippen molar-refractivity contribution in [2.75, 3.05) is 6.26 Å². The van der Waals surface area contributed by atoms with Crippen LogP contribution in [0.1, 0.15) is 46.5 Å². The highest BCUT2D eigenvalue weighted by molar-refractivity contribution is 7.88. The van der Waals surface area contributed by atoms with E-state index in [0.29, 0.717) is 6.04 Å². The first-order valence-corrected chi connectivity index (χ1v) is 7.80. The van der Waals surface area contributed by atoms with Crippen molar-refractivity contribution < 1.29 is 8.42 Å². The highest BCUT2D eigenvalue weighted by Gasteiger charge is 2.25. The SMILES string of the molecule is CC(C)(C)N[C@H]1CC[C@@H](NS(C)(=O)=O)CC1. The molecule has 0 heterocycles. The second-order valence-electron chi connectivity index (χ2n) is 5.83. The molecular weight excluding hydrogens is 224 g/mol. The molecule has 0 aromatic carbocycles. The molecule has 2 N–H and O–H groups in total. The van der Waals surface area contributed by atoms with Crippen molar-refractivity contribution in [2.24, 2.45) is 0 Å². The van der Waals surface area contributed by atoms with E-state index < -0.39 is 10.0 Å². The van der Waals surface area contributed by atoms with Crippen LogP contribution in [0, 0.1) is 0 Å². The molecule has 0 unspecified atom stereocenters. The van der Waals surface area contributed by atoms with Gasteiger partial charge < -0.3 is 5.32 Å². The van der Waals surface area contributed by atoms with Gasteiger partial charge in [0.05, 0.1) is 6.26 Å². The van der Waals surface area contributed by atoms with Gasteiger partial charge in [-0.25, -0.2) is 13.1 Å². The van der Waals surface area contributed by atoms with E-state index in [-0.39, 0.29) is 11.6 Å². The van der Waals surface area contributed by atoms with Crippen molar-refractivity contribution in [1.82, 2.24) is 10.0 Å². The summed E-state index contributed by atoms with van der Waals surface area (Å²) in [6.07, 6.45) is 5.18. The monoisotopic (exact) mass is 248 g/mol. The summed E-state index contributed by atoms with van der Waals surface area (Å²) < 4.78 is 24.9. The molecule has 4 nitrogen and oxygen atoms in total. The second kappa shape index (κ2) is 5.02. The number of hydrogen-bond donors (Lipinski definition) is 2. The van der Waals surface area contributed by atoms with Gasteiger partial charge >= 0.3 is 0 Å². The second-order valence-corrected chi connectivity index (χ2v) is 7.61. The van der Waals surface area contributed by atoms with Gasteiger partial charge in [0.15, 0.2) is 0 Å². The van der Waals surface area contributed by atoms with Gasteiger partial charge in [0.2, 0.25) is 10.0 Å². The van der Waals surface area contributed by atoms with Gasteiger partial charge in [0, 0.05) is 17.6 Å². The predicted molar refractivity (Wildman–Crippen MR) is 66.9 cm³/mol. The van der Waals surface area contributed by atoms with Gasteiger partial charge in [-0.2, -0.15) is 0 Å². The Morgan fingerprint density at radius 1 is 1.00 bits per heavy atom. The lowest BCUT2D eigenvalue weighted by Crippen LogP contribution is -2.47. The van der Waals surface area contributed by atoms with Crippen molar-refractivity contribution in [1.29, 1.82) is 0 Å². The maximum absolute atomic E-state index is 11.1. The van der Waals surface area contributed by atoms with Gasteiger partial charge in [0.25, 0.3) is 0 Å². The lowest BCUT2D eigenvalue weighted by Gasteiger charge is -2.34. The quantitative estimate of drug-likeness (QED) is 0.790. The average molecular weight is 248 g/mol. The van der Waals surface area contributed by atoms with Gasteiger partial charge in [-0.3, -0.25) is 0 Å². The number of sulfonamides is 1. The first-order valence-electron chi connectivity index (χ1n) is 5.91. The molecule has 1 saturated carbocycles. The smallest absolute Gasteiger partial charge is 0.208 e. The van der Waals surface area contributed by atoms with Gasteiger partial charge in [-0.05, 0) is 46.5 Å². The molecule has 0 saturated heterocycles. The molecule has 0 aromatic rings. The minimum Gasteiger partial charge on any atom is -0.309 e. The first kappa shape index (κ1) is 13.9. The Labute approximate surface area is 99.2 Å². The van der Waals surface area contributed by atoms with Gasteiger partial charge in [0.1, 0.15) is 0 Å². The Bertz CT molecular complexity index is 311. The van der Waals surface area contributed by atoms with Gasteiger partial charge in [-0.1, -0.05) is 0 Å². The summed E-state index contributed by atoms with van der Waals surface area (Å²) in [6, 6.07) is 0.658. The molecule has 0 spiro atoms. The zero-order valence-electron chi connectivity index (χ0n) is 10.7. The molecule has 0 bridgehead atoms. The molecule has 1 fully saturated rings. The van der Waals surface area contributed by atoms with Crippen molar-refractivity contribution >= 4 is 10.0 Å². The Kier molecular flexibility index (Phi) is 4.37. The van der Waals surface area contributed by atoms with Crippen LogP contribution in [0.25, 0.3) is 0 Å². The Morgan fingerprint density at radius 3 is 1.81 bits per heavy atom. The van der Waals surface area contributed by atoms with Crippen molar-refractivity contribution in [3.63, 3.8) is 0 Å². The summed E-state index contributed by atoms with van der Waals surface area (Å²) in [5.41, 5.74) is 0.141. The maximum Gasteiger partial charge on any atom is 0.208 e. The lowest BCUT2D eigenvalue weighted by atomic mass is 9.90. The summed E-state index contributed by atoms with van der Waals surface area (Å²) in [6.45, 7) is 6.48. The van der Waals surface area contributed by atoms with E-state index in [1.807, 2.05) is 0 Å². The normalized spacial score (nSPS) is 28.0. The van der Waals surface area contributed by atoms with Gasteiger partial charge in [-0.15, -0.1) is 0 Å². The zero-order chi connectivity index (χ0) is 12.4. The molecular formula is C11H24N2O2S. The Balaban J connectivity index is 2.34. The van der Waals surface area contributed by atoms with E-state index in [1.165, 1.54) is 6.26 Å². The van der Waals surface area contributed by atoms with E-state index in [2.05, 4.69) is 30.8 Å². The topological polar surface area (TPSA) is 58.2 Å². The third-order valence-electron chi connectivity index (χ3n) is 2.75. The van der Waals surface area contributed by atoms with E-state index in [9.17, 15) is 8.42 Å². The zero-order valence-corrected chi connectivity index (χ0v) is 11.5. The van der Waals surface area contributed by atoms with Crippen LogP contribution in [0.3, 0.4) is 0 Å². The molecule has 1 rings (SSSR count). The molecule has 96 valence electrons. The Hall–Kier alpha value is -0.130. The van der Waals surface area contributed by atoms with Crippen LogP contribution in [0.5, 0.6) is 0 Å². The summed E-state index contributed by atoms with van der Waals surface area (Å²) in [7, 11) is -3.05. The molecule has 1 aliphatic carbocycles. The molecule has 0 radical (unpaired) electrons. The standard InChI is InChI=1S/C11H24N2O2S/c1-11(2,3)12-9-5-7-10(8-6-9)13-16(4,14)15/h9-10,12-13H,5-8H2,1-4H3/t9-,10+. The maximum atomic E-state index is 11.1.